The highest BCUT2D eigenvalue weighted by Crippen LogP contribution is 2.44. The Labute approximate surface area is 203 Å². The topological polar surface area (TPSA) is 104 Å². The minimum absolute atomic E-state index is 0.0501. The van der Waals surface area contributed by atoms with Crippen molar-refractivity contribution in [3.63, 3.8) is 0 Å². The van der Waals surface area contributed by atoms with Crippen LogP contribution in [0.5, 0.6) is 5.75 Å². The molecule has 0 aliphatic carbocycles. The smallest absolute Gasteiger partial charge is 0.336 e. The number of pyridine rings is 1. The van der Waals surface area contributed by atoms with Crippen molar-refractivity contribution >= 4 is 17.2 Å². The van der Waals surface area contributed by atoms with Gasteiger partial charge in [0.25, 0.3) is 5.69 Å². The van der Waals surface area contributed by atoms with Crippen molar-refractivity contribution in [1.29, 1.82) is 0 Å². The van der Waals surface area contributed by atoms with Crippen LogP contribution in [0.4, 0.5) is 5.69 Å². The minimum atomic E-state index is -0.581. The van der Waals surface area contributed by atoms with Gasteiger partial charge < -0.3 is 14.8 Å². The molecule has 1 atom stereocenters. The Kier molecular flexibility index (Phi) is 7.21. The highest BCUT2D eigenvalue weighted by atomic mass is 16.6. The largest absolute Gasteiger partial charge is 0.490 e. The first-order chi connectivity index (χ1) is 17.0. The van der Waals surface area contributed by atoms with Gasteiger partial charge in [-0.1, -0.05) is 36.4 Å². The third-order valence-corrected chi connectivity index (χ3v) is 5.70. The van der Waals surface area contributed by atoms with Gasteiger partial charge in [0.05, 0.1) is 10.5 Å². The van der Waals surface area contributed by atoms with E-state index in [1.54, 1.807) is 31.5 Å². The molecule has 0 spiro atoms. The number of hydrogen-bond acceptors (Lipinski definition) is 7. The average molecular weight is 472 g/mol. The third kappa shape index (κ3) is 5.38. The molecule has 0 saturated carbocycles. The van der Waals surface area contributed by atoms with Gasteiger partial charge in [-0.3, -0.25) is 15.1 Å². The quantitative estimate of drug-likeness (QED) is 0.213. The Morgan fingerprint density at radius 1 is 1.03 bits per heavy atom. The van der Waals surface area contributed by atoms with Gasteiger partial charge in [-0.15, -0.1) is 0 Å². The van der Waals surface area contributed by atoms with Gasteiger partial charge in [0.15, 0.2) is 0 Å². The van der Waals surface area contributed by atoms with Gasteiger partial charge >= 0.3 is 5.97 Å². The number of allylic oxidation sites excluding steroid dienone is 3. The lowest BCUT2D eigenvalue weighted by Crippen LogP contribution is -2.29. The highest BCUT2D eigenvalue weighted by Gasteiger charge is 2.35. The fourth-order valence-corrected chi connectivity index (χ4v) is 4.21. The molecule has 1 aromatic heterocycles. The molecule has 8 heteroatoms. The standard InChI is InChI=1S/C27H25N3O5/c1-18-24(21-9-7-13-28-17-21)26(20-8-6-10-22(16-20)30(32)33)25(19(2)29-18)27(31)35-15-14-34-23-11-4-3-5-12-23/h3-13,16-17,26,29H,14-15H2,1-2H3. The average Bonchev–Trinajstić information content (AvgIpc) is 2.87. The van der Waals surface area contributed by atoms with E-state index in [1.807, 2.05) is 49.4 Å². The van der Waals surface area contributed by atoms with Crippen molar-refractivity contribution in [2.45, 2.75) is 19.8 Å². The molecule has 0 saturated heterocycles. The number of non-ortho nitro benzene ring substituents is 1. The highest BCUT2D eigenvalue weighted by molar-refractivity contribution is 5.97. The molecule has 1 aliphatic heterocycles. The Bertz CT molecular complexity index is 1290. The number of carbonyl (C=O) groups excluding carboxylic acids is 1. The molecule has 0 radical (unpaired) electrons. The molecule has 2 aromatic carbocycles. The second-order valence-corrected chi connectivity index (χ2v) is 8.03. The number of ether oxygens (including phenoxy) is 2. The van der Waals surface area contributed by atoms with Gasteiger partial charge in [-0.2, -0.15) is 0 Å². The van der Waals surface area contributed by atoms with E-state index >= 15 is 0 Å². The number of nitrogens with one attached hydrogen (secondary N) is 1. The second kappa shape index (κ2) is 10.6. The number of carbonyl (C=O) groups is 1. The number of benzene rings is 2. The van der Waals surface area contributed by atoms with Crippen LogP contribution in [0.25, 0.3) is 5.57 Å². The van der Waals surface area contributed by atoms with E-state index in [1.165, 1.54) is 12.1 Å². The normalized spacial score (nSPS) is 15.4. The summed E-state index contributed by atoms with van der Waals surface area (Å²) in [4.78, 5) is 28.6. The number of nitro benzene ring substituents is 1. The Morgan fingerprint density at radius 2 is 1.83 bits per heavy atom. The van der Waals surface area contributed by atoms with Gasteiger partial charge in [0.1, 0.15) is 19.0 Å². The van der Waals surface area contributed by atoms with Crippen LogP contribution in [-0.4, -0.2) is 29.1 Å². The van der Waals surface area contributed by atoms with Crippen LogP contribution >= 0.6 is 0 Å². The lowest BCUT2D eigenvalue weighted by molar-refractivity contribution is -0.384. The molecule has 8 nitrogen and oxygen atoms in total. The summed E-state index contributed by atoms with van der Waals surface area (Å²) in [5.74, 6) is -0.412. The van der Waals surface area contributed by atoms with Crippen LogP contribution in [0.2, 0.25) is 0 Å². The summed E-state index contributed by atoms with van der Waals surface area (Å²) in [7, 11) is 0. The van der Waals surface area contributed by atoms with Crippen LogP contribution in [-0.2, 0) is 9.53 Å². The van der Waals surface area contributed by atoms with E-state index in [2.05, 4.69) is 10.3 Å². The van der Waals surface area contributed by atoms with Crippen molar-refractivity contribution < 1.29 is 19.2 Å². The van der Waals surface area contributed by atoms with Crippen molar-refractivity contribution in [1.82, 2.24) is 10.3 Å². The van der Waals surface area contributed by atoms with Crippen LogP contribution in [0.3, 0.4) is 0 Å². The van der Waals surface area contributed by atoms with E-state index in [0.717, 1.165) is 16.8 Å². The van der Waals surface area contributed by atoms with Crippen LogP contribution in [0.1, 0.15) is 30.9 Å². The zero-order chi connectivity index (χ0) is 24.8. The number of nitro groups is 1. The number of nitrogens with zero attached hydrogens (tertiary/aromatic N) is 2. The lowest BCUT2D eigenvalue weighted by Gasteiger charge is -2.31. The van der Waals surface area contributed by atoms with Gasteiger partial charge in [0.2, 0.25) is 0 Å². The van der Waals surface area contributed by atoms with Crippen molar-refractivity contribution in [2.75, 3.05) is 13.2 Å². The maximum atomic E-state index is 13.4. The number of dihydropyridines is 1. The molecule has 0 bridgehead atoms. The fourth-order valence-electron chi connectivity index (χ4n) is 4.21. The molecule has 1 aliphatic rings. The fraction of sp³-hybridized carbons (Fsp3) is 0.185. The third-order valence-electron chi connectivity index (χ3n) is 5.70. The lowest BCUT2D eigenvalue weighted by atomic mass is 9.78. The van der Waals surface area contributed by atoms with E-state index < -0.39 is 16.8 Å². The Morgan fingerprint density at radius 3 is 2.54 bits per heavy atom. The van der Waals surface area contributed by atoms with Crippen LogP contribution < -0.4 is 10.1 Å². The van der Waals surface area contributed by atoms with Gasteiger partial charge in [-0.05, 0) is 48.7 Å². The molecule has 2 heterocycles. The van der Waals surface area contributed by atoms with E-state index in [-0.39, 0.29) is 18.9 Å². The van der Waals surface area contributed by atoms with Crippen molar-refractivity contribution in [3.8, 4) is 5.75 Å². The first-order valence-corrected chi connectivity index (χ1v) is 11.1. The van der Waals surface area contributed by atoms with E-state index in [4.69, 9.17) is 9.47 Å². The summed E-state index contributed by atoms with van der Waals surface area (Å²) >= 11 is 0. The second-order valence-electron chi connectivity index (χ2n) is 8.03. The molecule has 0 amide bonds. The summed E-state index contributed by atoms with van der Waals surface area (Å²) in [5.41, 5.74) is 4.01. The summed E-state index contributed by atoms with van der Waals surface area (Å²) in [6.07, 6.45) is 3.38. The minimum Gasteiger partial charge on any atom is -0.490 e. The van der Waals surface area contributed by atoms with Crippen LogP contribution in [0, 0.1) is 10.1 Å². The maximum absolute atomic E-state index is 13.4. The van der Waals surface area contributed by atoms with E-state index in [0.29, 0.717) is 22.6 Å². The molecular formula is C27H25N3O5. The van der Waals surface area contributed by atoms with Crippen molar-refractivity contribution in [2.24, 2.45) is 0 Å². The zero-order valence-corrected chi connectivity index (χ0v) is 19.4. The molecule has 1 N–H and O–H groups in total. The molecule has 4 rings (SSSR count). The monoisotopic (exact) mass is 471 g/mol. The number of hydrogen-bond donors (Lipinski definition) is 1. The van der Waals surface area contributed by atoms with Crippen molar-refractivity contribution in [3.05, 3.63) is 117 Å². The first kappa shape index (κ1) is 23.7. The number of para-hydroxylation sites is 1. The number of esters is 1. The Hall–Kier alpha value is -4.46. The summed E-state index contributed by atoms with van der Waals surface area (Å²) in [6, 6.07) is 19.3. The summed E-state index contributed by atoms with van der Waals surface area (Å²) in [5, 5.41) is 14.8. The molecule has 0 fully saturated rings. The first-order valence-electron chi connectivity index (χ1n) is 11.1. The van der Waals surface area contributed by atoms with E-state index in [9.17, 15) is 14.9 Å². The molecule has 35 heavy (non-hydrogen) atoms. The van der Waals surface area contributed by atoms with Gasteiger partial charge in [0, 0.05) is 41.8 Å². The number of rotatable bonds is 8. The number of aromatic nitrogens is 1. The SMILES string of the molecule is CC1=C(C(=O)OCCOc2ccccc2)C(c2cccc([N+](=O)[O-])c2)C(c2cccnc2)=C(C)N1. The van der Waals surface area contributed by atoms with Crippen LogP contribution in [0.15, 0.2) is 96.1 Å². The summed E-state index contributed by atoms with van der Waals surface area (Å²) in [6.45, 7) is 3.95. The Balaban J connectivity index is 1.66. The molecule has 3 aromatic rings. The summed E-state index contributed by atoms with van der Waals surface area (Å²) < 4.78 is 11.2. The predicted molar refractivity (Wildman–Crippen MR) is 131 cm³/mol. The van der Waals surface area contributed by atoms with Gasteiger partial charge in [-0.25, -0.2) is 4.79 Å². The molecule has 1 unspecified atom stereocenters. The zero-order valence-electron chi connectivity index (χ0n) is 19.4. The predicted octanol–water partition coefficient (Wildman–Crippen LogP) is 5.00. The molecule has 178 valence electrons. The maximum Gasteiger partial charge on any atom is 0.336 e. The molecular weight excluding hydrogens is 446 g/mol.